The Labute approximate surface area is 90.9 Å². The summed E-state index contributed by atoms with van der Waals surface area (Å²) in [5.41, 5.74) is 1.04. The second kappa shape index (κ2) is 5.09. The van der Waals surface area contributed by atoms with E-state index < -0.39 is 10.0 Å². The Bertz CT molecular complexity index is 432. The summed E-state index contributed by atoms with van der Waals surface area (Å²) in [5.74, 6) is 0. The zero-order valence-electron chi connectivity index (χ0n) is 8.90. The van der Waals surface area contributed by atoms with E-state index in [0.29, 0.717) is 11.4 Å². The molecule has 1 aromatic rings. The lowest BCUT2D eigenvalue weighted by atomic mass is 10.2. The molecule has 0 aliphatic carbocycles. The van der Waals surface area contributed by atoms with E-state index in [9.17, 15) is 8.42 Å². The van der Waals surface area contributed by atoms with Crippen molar-refractivity contribution in [3.8, 4) is 0 Å². The Kier molecular flexibility index (Phi) is 4.05. The molecule has 1 rings (SSSR count). The Morgan fingerprint density at radius 1 is 1.27 bits per heavy atom. The lowest BCUT2D eigenvalue weighted by Gasteiger charge is -2.04. The molecule has 0 aliphatic heterocycles. The normalized spacial score (nSPS) is 12.1. The predicted octanol–water partition coefficient (Wildman–Crippen LogP) is 1.85. The summed E-state index contributed by atoms with van der Waals surface area (Å²) in [6, 6.07) is 6.77. The molecular weight excluding hydrogens is 210 g/mol. The molecule has 0 fully saturated rings. The fraction of sp³-hybridized carbons (Fsp3) is 0.273. The van der Waals surface area contributed by atoms with Gasteiger partial charge in [-0.1, -0.05) is 29.8 Å². The summed E-state index contributed by atoms with van der Waals surface area (Å²) in [7, 11) is -3.35. The Morgan fingerprint density at radius 2 is 1.87 bits per heavy atom. The number of hydrogen-bond donors (Lipinski definition) is 1. The molecule has 3 nitrogen and oxygen atoms in total. The van der Waals surface area contributed by atoms with Crippen LogP contribution in [0.25, 0.3) is 0 Å². The third kappa shape index (κ3) is 3.49. The van der Waals surface area contributed by atoms with Crippen molar-refractivity contribution in [3.05, 3.63) is 42.0 Å². The van der Waals surface area contributed by atoms with Crippen LogP contribution in [-0.4, -0.2) is 15.0 Å². The highest BCUT2D eigenvalue weighted by Gasteiger charge is 2.11. The van der Waals surface area contributed by atoms with Crippen molar-refractivity contribution in [2.24, 2.45) is 0 Å². The minimum Gasteiger partial charge on any atom is -0.207 e. The van der Waals surface area contributed by atoms with Gasteiger partial charge in [0.25, 0.3) is 0 Å². The summed E-state index contributed by atoms with van der Waals surface area (Å²) < 4.78 is 25.8. The van der Waals surface area contributed by atoms with Gasteiger partial charge in [0.2, 0.25) is 10.0 Å². The molecule has 1 aromatic carbocycles. The van der Waals surface area contributed by atoms with Crippen LogP contribution in [-0.2, 0) is 10.0 Å². The number of benzene rings is 1. The van der Waals surface area contributed by atoms with Crippen molar-refractivity contribution in [2.45, 2.75) is 18.7 Å². The molecule has 0 spiro atoms. The van der Waals surface area contributed by atoms with Gasteiger partial charge in [-0.15, -0.1) is 0 Å². The van der Waals surface area contributed by atoms with Gasteiger partial charge in [0, 0.05) is 6.54 Å². The maximum Gasteiger partial charge on any atom is 0.240 e. The predicted molar refractivity (Wildman–Crippen MR) is 61.2 cm³/mol. The molecule has 0 atom stereocenters. The molecule has 4 heteroatoms. The van der Waals surface area contributed by atoms with E-state index in [1.165, 1.54) is 0 Å². The van der Waals surface area contributed by atoms with Crippen LogP contribution in [0.2, 0.25) is 0 Å². The number of hydrogen-bond acceptors (Lipinski definition) is 2. The Balaban J connectivity index is 2.82. The summed E-state index contributed by atoms with van der Waals surface area (Å²) in [4.78, 5) is 0.303. The third-order valence-electron chi connectivity index (χ3n) is 1.96. The summed E-state index contributed by atoms with van der Waals surface area (Å²) in [5, 5.41) is 0. The zero-order chi connectivity index (χ0) is 11.3. The zero-order valence-corrected chi connectivity index (χ0v) is 9.71. The largest absolute Gasteiger partial charge is 0.240 e. The molecule has 0 saturated heterocycles. The Morgan fingerprint density at radius 3 is 2.40 bits per heavy atom. The van der Waals surface area contributed by atoms with Gasteiger partial charge in [-0.2, -0.15) is 0 Å². The molecule has 0 saturated carbocycles. The first kappa shape index (κ1) is 11.9. The fourth-order valence-corrected chi connectivity index (χ4v) is 2.05. The van der Waals surface area contributed by atoms with Gasteiger partial charge in [-0.05, 0) is 26.0 Å². The van der Waals surface area contributed by atoms with E-state index in [-0.39, 0.29) is 0 Å². The first-order valence-electron chi connectivity index (χ1n) is 4.74. The highest BCUT2D eigenvalue weighted by Crippen LogP contribution is 2.09. The summed E-state index contributed by atoms with van der Waals surface area (Å²) in [6.45, 7) is 4.09. The van der Waals surface area contributed by atoms with Crippen LogP contribution >= 0.6 is 0 Å². The fourth-order valence-electron chi connectivity index (χ4n) is 1.08. The van der Waals surface area contributed by atoms with E-state index in [0.717, 1.165) is 5.56 Å². The maximum atomic E-state index is 11.7. The number of sulfonamides is 1. The molecule has 15 heavy (non-hydrogen) atoms. The van der Waals surface area contributed by atoms with E-state index in [4.69, 9.17) is 0 Å². The molecule has 82 valence electrons. The van der Waals surface area contributed by atoms with E-state index in [1.54, 1.807) is 36.4 Å². The van der Waals surface area contributed by atoms with E-state index in [2.05, 4.69) is 4.72 Å². The van der Waals surface area contributed by atoms with Crippen molar-refractivity contribution in [3.63, 3.8) is 0 Å². The van der Waals surface area contributed by atoms with Crippen molar-refractivity contribution in [1.82, 2.24) is 4.72 Å². The topological polar surface area (TPSA) is 46.2 Å². The van der Waals surface area contributed by atoms with Crippen LogP contribution in [0.3, 0.4) is 0 Å². The van der Waals surface area contributed by atoms with Crippen LogP contribution in [0.5, 0.6) is 0 Å². The second-order valence-corrected chi connectivity index (χ2v) is 5.00. The molecule has 0 heterocycles. The number of aryl methyl sites for hydroxylation is 1. The third-order valence-corrected chi connectivity index (χ3v) is 3.40. The number of nitrogens with one attached hydrogen (secondary N) is 1. The van der Waals surface area contributed by atoms with Crippen molar-refractivity contribution >= 4 is 10.0 Å². The van der Waals surface area contributed by atoms with Crippen LogP contribution in [0.1, 0.15) is 12.5 Å². The highest BCUT2D eigenvalue weighted by molar-refractivity contribution is 7.89. The second-order valence-electron chi connectivity index (χ2n) is 3.23. The molecule has 1 N–H and O–H groups in total. The molecular formula is C11H15NO2S. The van der Waals surface area contributed by atoms with Gasteiger partial charge in [0.15, 0.2) is 0 Å². The Hall–Kier alpha value is -1.13. The number of rotatable bonds is 4. The van der Waals surface area contributed by atoms with Gasteiger partial charge < -0.3 is 0 Å². The lowest BCUT2D eigenvalue weighted by Crippen LogP contribution is -2.23. The quantitative estimate of drug-likeness (QED) is 0.795. The molecule has 0 amide bonds. The monoisotopic (exact) mass is 225 g/mol. The number of allylic oxidation sites excluding steroid dienone is 1. The van der Waals surface area contributed by atoms with Crippen LogP contribution < -0.4 is 4.72 Å². The standard InChI is InChI=1S/C11H15NO2S/c1-3-4-9-12-15(13,14)11-7-5-10(2)6-8-11/h3-8,12H,9H2,1-2H3/b4-3-. The highest BCUT2D eigenvalue weighted by atomic mass is 32.2. The van der Waals surface area contributed by atoms with Crippen molar-refractivity contribution in [2.75, 3.05) is 6.54 Å². The van der Waals surface area contributed by atoms with Crippen molar-refractivity contribution in [1.29, 1.82) is 0 Å². The lowest BCUT2D eigenvalue weighted by molar-refractivity contribution is 0.585. The first-order valence-corrected chi connectivity index (χ1v) is 6.22. The molecule has 0 unspecified atom stereocenters. The van der Waals surface area contributed by atoms with Crippen molar-refractivity contribution < 1.29 is 8.42 Å². The van der Waals surface area contributed by atoms with Gasteiger partial charge in [0.05, 0.1) is 4.90 Å². The molecule has 0 aromatic heterocycles. The minimum atomic E-state index is -3.35. The SMILES string of the molecule is C/C=C\CNS(=O)(=O)c1ccc(C)cc1. The van der Waals surface area contributed by atoms with Gasteiger partial charge in [-0.3, -0.25) is 0 Å². The maximum absolute atomic E-state index is 11.7. The first-order chi connectivity index (χ1) is 7.06. The smallest absolute Gasteiger partial charge is 0.207 e. The summed E-state index contributed by atoms with van der Waals surface area (Å²) in [6.07, 6.45) is 3.56. The minimum absolute atomic E-state index is 0.303. The molecule has 0 radical (unpaired) electrons. The molecule has 0 aliphatic rings. The summed E-state index contributed by atoms with van der Waals surface area (Å²) >= 11 is 0. The van der Waals surface area contributed by atoms with Crippen LogP contribution in [0.4, 0.5) is 0 Å². The average molecular weight is 225 g/mol. The average Bonchev–Trinajstić information content (AvgIpc) is 2.18. The van der Waals surface area contributed by atoms with Gasteiger partial charge >= 0.3 is 0 Å². The van der Waals surface area contributed by atoms with E-state index >= 15 is 0 Å². The molecule has 0 bridgehead atoms. The van der Waals surface area contributed by atoms with E-state index in [1.807, 2.05) is 13.8 Å². The van der Waals surface area contributed by atoms with Crippen LogP contribution in [0, 0.1) is 6.92 Å². The van der Waals surface area contributed by atoms with Gasteiger partial charge in [-0.25, -0.2) is 13.1 Å². The van der Waals surface area contributed by atoms with Crippen LogP contribution in [0.15, 0.2) is 41.3 Å². The van der Waals surface area contributed by atoms with Gasteiger partial charge in [0.1, 0.15) is 0 Å².